The van der Waals surface area contributed by atoms with Crippen molar-refractivity contribution >= 4 is 11.9 Å². The second-order valence-electron chi connectivity index (χ2n) is 7.49. The number of hydrogen-bond acceptors (Lipinski definition) is 1. The van der Waals surface area contributed by atoms with Gasteiger partial charge in [0.05, 0.1) is 0 Å². The first kappa shape index (κ1) is 24.1. The molecular weight excluding hydrogens is 584 g/mol. The summed E-state index contributed by atoms with van der Waals surface area (Å²) < 4.78 is 4.08. The van der Waals surface area contributed by atoms with Crippen molar-refractivity contribution in [2.75, 3.05) is 0 Å². The SMILES string of the molecule is Cc1ccccc1C(=O)[NH][Hf+2]([CH]1c2ccccc2-c2ccccc21)[SiH](C)C.[Cl-].[Cl-]. The number of halogens is 2. The van der Waals surface area contributed by atoms with Crippen LogP contribution in [0.4, 0.5) is 0 Å². The van der Waals surface area contributed by atoms with Crippen LogP contribution in [-0.4, -0.2) is 11.9 Å². The third-order valence-electron chi connectivity index (χ3n) is 5.41. The van der Waals surface area contributed by atoms with Crippen LogP contribution in [-0.2, 0) is 20.9 Å². The zero-order valence-electron chi connectivity index (χ0n) is 16.7. The quantitative estimate of drug-likeness (QED) is 0.380. The van der Waals surface area contributed by atoms with Gasteiger partial charge in [0, 0.05) is 0 Å². The van der Waals surface area contributed by atoms with E-state index in [1.54, 1.807) is 0 Å². The van der Waals surface area contributed by atoms with Crippen molar-refractivity contribution in [1.29, 1.82) is 0 Å². The van der Waals surface area contributed by atoms with Crippen molar-refractivity contribution in [3.63, 3.8) is 0 Å². The largest absolute Gasteiger partial charge is 1.00 e. The maximum Gasteiger partial charge on any atom is -1.00 e. The van der Waals surface area contributed by atoms with E-state index < -0.39 is 26.9 Å². The van der Waals surface area contributed by atoms with Crippen molar-refractivity contribution in [3.05, 3.63) is 95.1 Å². The molecule has 0 radical (unpaired) electrons. The van der Waals surface area contributed by atoms with Crippen LogP contribution in [0, 0.1) is 6.92 Å². The summed E-state index contributed by atoms with van der Waals surface area (Å²) in [6.45, 7) is 6.86. The number of amides is 1. The van der Waals surface area contributed by atoms with Crippen LogP contribution < -0.4 is 28.1 Å². The molecule has 1 amide bonds. The van der Waals surface area contributed by atoms with Crippen LogP contribution >= 0.6 is 0 Å². The van der Waals surface area contributed by atoms with Gasteiger partial charge in [0.25, 0.3) is 0 Å². The Kier molecular flexibility index (Phi) is 8.47. The molecule has 2 nitrogen and oxygen atoms in total. The van der Waals surface area contributed by atoms with Gasteiger partial charge in [-0.3, -0.25) is 0 Å². The first-order valence-corrected chi connectivity index (χ1v) is 22.5. The van der Waals surface area contributed by atoms with Gasteiger partial charge in [0.15, 0.2) is 0 Å². The van der Waals surface area contributed by atoms with Crippen molar-refractivity contribution in [2.45, 2.75) is 23.7 Å². The van der Waals surface area contributed by atoms with Gasteiger partial charge in [-0.2, -0.15) is 0 Å². The molecule has 1 aliphatic carbocycles. The monoisotopic (exact) mass is 608 g/mol. The Morgan fingerprint density at radius 1 is 0.828 bits per heavy atom. The van der Waals surface area contributed by atoms with Gasteiger partial charge in [-0.05, 0) is 0 Å². The predicted molar refractivity (Wildman–Crippen MR) is 111 cm³/mol. The molecule has 0 saturated heterocycles. The van der Waals surface area contributed by atoms with Crippen LogP contribution in [0.15, 0.2) is 72.8 Å². The van der Waals surface area contributed by atoms with Gasteiger partial charge in [-0.15, -0.1) is 0 Å². The molecule has 1 aliphatic rings. The molecule has 0 saturated carbocycles. The molecule has 6 heteroatoms. The summed E-state index contributed by atoms with van der Waals surface area (Å²) in [6, 6.07) is 25.5. The molecule has 0 heterocycles. The maximum absolute atomic E-state index is 13.1. The van der Waals surface area contributed by atoms with Crippen molar-refractivity contribution < 1.29 is 50.5 Å². The minimum absolute atomic E-state index is 0. The summed E-state index contributed by atoms with van der Waals surface area (Å²) >= 11 is -2.46. The molecule has 1 N–H and O–H groups in total. The number of rotatable bonds is 4. The van der Waals surface area contributed by atoms with Crippen LogP contribution in [0.2, 0.25) is 13.1 Å². The summed E-state index contributed by atoms with van der Waals surface area (Å²) in [6.07, 6.45) is 0. The number of aryl methyl sites for hydroxylation is 1. The molecule has 0 atom stereocenters. The fourth-order valence-corrected chi connectivity index (χ4v) is 25.5. The van der Waals surface area contributed by atoms with E-state index in [0.717, 1.165) is 11.1 Å². The van der Waals surface area contributed by atoms with E-state index in [2.05, 4.69) is 64.9 Å². The Hall–Kier alpha value is -1.20. The fourth-order valence-electron chi connectivity index (χ4n) is 4.07. The van der Waals surface area contributed by atoms with Gasteiger partial charge in [0.1, 0.15) is 0 Å². The molecule has 0 unspecified atom stereocenters. The molecule has 3 aromatic rings. The number of nitrogens with one attached hydrogen (secondary N) is 1. The van der Waals surface area contributed by atoms with E-state index in [0.29, 0.717) is 3.67 Å². The average molecular weight is 608 g/mol. The number of fused-ring (bicyclic) bond motifs is 3. The van der Waals surface area contributed by atoms with Crippen LogP contribution in [0.5, 0.6) is 0 Å². The minimum atomic E-state index is -2.46. The van der Waals surface area contributed by atoms with Gasteiger partial charge in [0.2, 0.25) is 0 Å². The number of hydrogen-bond donors (Lipinski definition) is 1. The first-order chi connectivity index (χ1) is 13.1. The van der Waals surface area contributed by atoms with Crippen molar-refractivity contribution in [3.8, 4) is 11.1 Å². The second-order valence-corrected chi connectivity index (χ2v) is 33.6. The Bertz CT molecular complexity index is 966. The molecule has 0 bridgehead atoms. The third kappa shape index (κ3) is 4.61. The second kappa shape index (κ2) is 10.2. The van der Waals surface area contributed by atoms with E-state index in [1.807, 2.05) is 31.2 Å². The molecule has 0 fully saturated rings. The summed E-state index contributed by atoms with van der Waals surface area (Å²) in [5, 5.41) is 0. The topological polar surface area (TPSA) is 29.1 Å². The van der Waals surface area contributed by atoms with E-state index in [-0.39, 0.29) is 30.7 Å². The van der Waals surface area contributed by atoms with Crippen molar-refractivity contribution in [2.24, 2.45) is 0 Å². The zero-order chi connectivity index (χ0) is 19.0. The molecule has 0 spiro atoms. The predicted octanol–water partition coefficient (Wildman–Crippen LogP) is -0.981. The van der Waals surface area contributed by atoms with E-state index in [4.69, 9.17) is 0 Å². The minimum Gasteiger partial charge on any atom is -1.00 e. The summed E-state index contributed by atoms with van der Waals surface area (Å²) in [5.41, 5.74) is 7.48. The van der Waals surface area contributed by atoms with E-state index in [1.165, 1.54) is 22.3 Å². The first-order valence-electron chi connectivity index (χ1n) is 9.50. The molecule has 0 aliphatic heterocycles. The maximum atomic E-state index is 13.1. The fraction of sp³-hybridized carbons (Fsp3) is 0.174. The smallest absolute Gasteiger partial charge is 1.00 e. The number of carbonyl (C=O) groups is 1. The summed E-state index contributed by atoms with van der Waals surface area (Å²) in [7, 11) is 0. The number of benzene rings is 3. The molecule has 29 heavy (non-hydrogen) atoms. The Morgan fingerprint density at radius 2 is 1.31 bits per heavy atom. The molecule has 3 aromatic carbocycles. The van der Waals surface area contributed by atoms with Gasteiger partial charge < -0.3 is 24.8 Å². The summed E-state index contributed by atoms with van der Waals surface area (Å²) in [4.78, 5) is 13.1. The van der Waals surface area contributed by atoms with E-state index >= 15 is 0 Å². The Morgan fingerprint density at radius 3 is 1.83 bits per heavy atom. The summed E-state index contributed by atoms with van der Waals surface area (Å²) in [5.74, 6) is -0.833. The van der Waals surface area contributed by atoms with Gasteiger partial charge in [-0.25, -0.2) is 0 Å². The Balaban J connectivity index is 0.00000150. The molecular formula is C23H24Cl2HfNOSi. The standard InChI is InChI=1S/C13H9.C8H9NO.C2H7Si.2ClH.Hf/c1-3-7-12-10(5-1)9-11-6-2-4-8-13(11)12;1-6-4-2-3-5-7(6)8(9)10;1-3-2;;;/h1-9H;2-5H,1H3,(H2,9,10);3H,1-2H3;2*1H;/q;;;;;+3/p-3. The molecule has 149 valence electrons. The molecule has 4 rings (SSSR count). The Labute approximate surface area is 194 Å². The van der Waals surface area contributed by atoms with Crippen LogP contribution in [0.1, 0.15) is 30.7 Å². The normalized spacial score (nSPS) is 11.7. The zero-order valence-corrected chi connectivity index (χ0v) is 23.0. The van der Waals surface area contributed by atoms with E-state index in [9.17, 15) is 4.79 Å². The van der Waals surface area contributed by atoms with Crippen LogP contribution in [0.3, 0.4) is 0 Å². The third-order valence-corrected chi connectivity index (χ3v) is 30.3. The number of carbonyl (C=O) groups excluding carboxylic acids is 1. The molecule has 0 aromatic heterocycles. The van der Waals surface area contributed by atoms with Gasteiger partial charge in [-0.1, -0.05) is 0 Å². The van der Waals surface area contributed by atoms with Gasteiger partial charge >= 0.3 is 171 Å². The van der Waals surface area contributed by atoms with Crippen LogP contribution in [0.25, 0.3) is 11.1 Å². The average Bonchev–Trinajstić information content (AvgIpc) is 3.00. The van der Waals surface area contributed by atoms with Crippen molar-refractivity contribution in [1.82, 2.24) is 3.30 Å².